The Morgan fingerprint density at radius 1 is 1.14 bits per heavy atom. The van der Waals surface area contributed by atoms with Gasteiger partial charge in [-0.05, 0) is 38.0 Å². The Morgan fingerprint density at radius 3 is 2.43 bits per heavy atom. The third-order valence-corrected chi connectivity index (χ3v) is 5.61. The molecule has 1 saturated heterocycles. The summed E-state index contributed by atoms with van der Waals surface area (Å²) in [5, 5.41) is 0.602. The van der Waals surface area contributed by atoms with Crippen molar-refractivity contribution in [2.24, 2.45) is 20.0 Å². The van der Waals surface area contributed by atoms with Crippen LogP contribution in [0.3, 0.4) is 0 Å². The minimum absolute atomic E-state index is 0.0854. The van der Waals surface area contributed by atoms with Crippen LogP contribution in [0, 0.1) is 5.92 Å². The molecule has 1 aromatic carbocycles. The summed E-state index contributed by atoms with van der Waals surface area (Å²) >= 11 is 6.08. The minimum atomic E-state index is -0.348. The molecule has 1 aliphatic heterocycles. The molecule has 0 bridgehead atoms. The van der Waals surface area contributed by atoms with Gasteiger partial charge >= 0.3 is 5.69 Å². The second-order valence-corrected chi connectivity index (χ2v) is 7.50. The highest BCUT2D eigenvalue weighted by atomic mass is 35.5. The smallest absolute Gasteiger partial charge is 0.332 e. The van der Waals surface area contributed by atoms with Crippen LogP contribution in [0.25, 0.3) is 0 Å². The first-order valence-electron chi connectivity index (χ1n) is 9.42. The lowest BCUT2D eigenvalue weighted by Gasteiger charge is -2.35. The van der Waals surface area contributed by atoms with Crippen LogP contribution in [0.2, 0.25) is 5.02 Å². The van der Waals surface area contributed by atoms with Crippen molar-refractivity contribution in [1.82, 2.24) is 9.13 Å². The minimum Gasteiger partial charge on any atom is -0.358 e. The molecule has 8 heteroatoms. The van der Waals surface area contributed by atoms with Crippen molar-refractivity contribution >= 4 is 29.0 Å². The molecular weight excluding hydrogens is 380 g/mol. The number of piperidine rings is 1. The van der Waals surface area contributed by atoms with E-state index in [1.807, 2.05) is 24.0 Å². The predicted molar refractivity (Wildman–Crippen MR) is 111 cm³/mol. The van der Waals surface area contributed by atoms with Crippen molar-refractivity contribution in [3.63, 3.8) is 0 Å². The first kappa shape index (κ1) is 20.2. The highest BCUT2D eigenvalue weighted by Gasteiger charge is 2.29. The molecule has 1 amide bonds. The number of nitrogens with zero attached hydrogens (tertiary/aromatic N) is 4. The summed E-state index contributed by atoms with van der Waals surface area (Å²) in [5.74, 6) is 0.585. The first-order valence-corrected chi connectivity index (χ1v) is 9.80. The van der Waals surface area contributed by atoms with Crippen LogP contribution in [0.15, 0.2) is 39.9 Å². The molecule has 3 rings (SSSR count). The summed E-state index contributed by atoms with van der Waals surface area (Å²) in [6, 6.07) is 8.79. The van der Waals surface area contributed by atoms with E-state index in [2.05, 4.69) is 0 Å². The number of benzene rings is 1. The molecule has 1 aromatic heterocycles. The molecule has 0 spiro atoms. The molecule has 0 atom stereocenters. The van der Waals surface area contributed by atoms with Crippen molar-refractivity contribution in [1.29, 1.82) is 0 Å². The van der Waals surface area contributed by atoms with Gasteiger partial charge in [0, 0.05) is 56.4 Å². The van der Waals surface area contributed by atoms with Crippen molar-refractivity contribution < 1.29 is 4.79 Å². The van der Waals surface area contributed by atoms with E-state index in [4.69, 9.17) is 11.6 Å². The number of aromatic nitrogens is 2. The van der Waals surface area contributed by atoms with Crippen LogP contribution in [0.1, 0.15) is 19.8 Å². The highest BCUT2D eigenvalue weighted by Crippen LogP contribution is 2.26. The normalized spacial score (nSPS) is 14.9. The van der Waals surface area contributed by atoms with Crippen LogP contribution in [0.4, 0.5) is 11.5 Å². The van der Waals surface area contributed by atoms with Crippen LogP contribution in [-0.4, -0.2) is 34.7 Å². The van der Waals surface area contributed by atoms with E-state index in [0.717, 1.165) is 10.3 Å². The van der Waals surface area contributed by atoms with Crippen molar-refractivity contribution in [3.05, 3.63) is 56.2 Å². The summed E-state index contributed by atoms with van der Waals surface area (Å²) in [4.78, 5) is 41.0. The van der Waals surface area contributed by atoms with Crippen LogP contribution in [0.5, 0.6) is 0 Å². The molecule has 1 aliphatic rings. The van der Waals surface area contributed by atoms with Gasteiger partial charge in [-0.3, -0.25) is 18.7 Å². The van der Waals surface area contributed by atoms with E-state index in [1.54, 1.807) is 24.1 Å². The van der Waals surface area contributed by atoms with Gasteiger partial charge < -0.3 is 9.80 Å². The molecule has 1 fully saturated rings. The third-order valence-electron chi connectivity index (χ3n) is 5.37. The van der Waals surface area contributed by atoms with Gasteiger partial charge in [0.25, 0.3) is 5.56 Å². The van der Waals surface area contributed by atoms with Gasteiger partial charge in [-0.1, -0.05) is 17.7 Å². The molecule has 0 radical (unpaired) electrons. The first-order chi connectivity index (χ1) is 13.3. The molecule has 0 unspecified atom stereocenters. The maximum absolute atomic E-state index is 13.1. The summed E-state index contributed by atoms with van der Waals surface area (Å²) in [5.41, 5.74) is 0.129. The lowest BCUT2D eigenvalue weighted by Crippen LogP contribution is -2.45. The predicted octanol–water partition coefficient (Wildman–Crippen LogP) is 2.01. The van der Waals surface area contributed by atoms with E-state index >= 15 is 0 Å². The van der Waals surface area contributed by atoms with E-state index in [1.165, 1.54) is 17.7 Å². The molecule has 150 valence electrons. The quantitative estimate of drug-likeness (QED) is 0.781. The van der Waals surface area contributed by atoms with Gasteiger partial charge in [0.05, 0.1) is 0 Å². The SMILES string of the molecule is CCN(C(=O)C1CCN(c2cc(=O)n(C)c(=O)n2C)CC1)c1cccc(Cl)c1. The fourth-order valence-corrected chi connectivity index (χ4v) is 3.89. The third kappa shape index (κ3) is 3.85. The molecule has 2 heterocycles. The summed E-state index contributed by atoms with van der Waals surface area (Å²) in [6.07, 6.45) is 1.33. The topological polar surface area (TPSA) is 67.6 Å². The Hall–Kier alpha value is -2.54. The lowest BCUT2D eigenvalue weighted by molar-refractivity contribution is -0.122. The zero-order chi connectivity index (χ0) is 20.4. The Kier molecular flexibility index (Phi) is 5.93. The largest absolute Gasteiger partial charge is 0.358 e. The molecule has 0 aliphatic carbocycles. The number of rotatable bonds is 4. The van der Waals surface area contributed by atoms with Crippen molar-refractivity contribution in [3.8, 4) is 0 Å². The monoisotopic (exact) mass is 404 g/mol. The van der Waals surface area contributed by atoms with Crippen molar-refractivity contribution in [2.45, 2.75) is 19.8 Å². The van der Waals surface area contributed by atoms with Crippen molar-refractivity contribution in [2.75, 3.05) is 29.4 Å². The molecule has 0 N–H and O–H groups in total. The Bertz CT molecular complexity index is 990. The number of halogens is 1. The molecule has 0 saturated carbocycles. The van der Waals surface area contributed by atoms with E-state index in [-0.39, 0.29) is 23.1 Å². The number of carbonyl (C=O) groups excluding carboxylic acids is 1. The molecule has 28 heavy (non-hydrogen) atoms. The van der Waals surface area contributed by atoms with E-state index in [0.29, 0.717) is 43.3 Å². The number of carbonyl (C=O) groups is 1. The van der Waals surface area contributed by atoms with Crippen LogP contribution in [-0.2, 0) is 18.9 Å². The number of amides is 1. The van der Waals surface area contributed by atoms with Gasteiger partial charge in [0.15, 0.2) is 0 Å². The van der Waals surface area contributed by atoms with Crippen LogP contribution >= 0.6 is 11.6 Å². The van der Waals surface area contributed by atoms with Gasteiger partial charge in [-0.25, -0.2) is 4.79 Å². The fourth-order valence-electron chi connectivity index (χ4n) is 3.71. The standard InChI is InChI=1S/C20H25ClN4O3/c1-4-25(16-7-5-6-15(21)12-16)19(27)14-8-10-24(11-9-14)17-13-18(26)23(3)20(28)22(17)2/h5-7,12-14H,4,8-11H2,1-3H3. The molecular formula is C20H25ClN4O3. The number of hydrogen-bond acceptors (Lipinski definition) is 4. The van der Waals surface area contributed by atoms with Gasteiger partial charge in [-0.2, -0.15) is 0 Å². The molecule has 7 nitrogen and oxygen atoms in total. The zero-order valence-electron chi connectivity index (χ0n) is 16.4. The Morgan fingerprint density at radius 2 is 1.82 bits per heavy atom. The number of anilines is 2. The maximum atomic E-state index is 13.1. The Labute approximate surface area is 168 Å². The Balaban J connectivity index is 1.74. The average molecular weight is 405 g/mol. The second kappa shape index (κ2) is 8.22. The van der Waals surface area contributed by atoms with E-state index in [9.17, 15) is 14.4 Å². The van der Waals surface area contributed by atoms with Gasteiger partial charge in [-0.15, -0.1) is 0 Å². The summed E-state index contributed by atoms with van der Waals surface area (Å²) in [6.45, 7) is 3.75. The lowest BCUT2D eigenvalue weighted by atomic mass is 9.95. The summed E-state index contributed by atoms with van der Waals surface area (Å²) < 4.78 is 2.57. The highest BCUT2D eigenvalue weighted by molar-refractivity contribution is 6.30. The average Bonchev–Trinajstić information content (AvgIpc) is 2.70. The fraction of sp³-hybridized carbons (Fsp3) is 0.450. The second-order valence-electron chi connectivity index (χ2n) is 7.07. The molecule has 2 aromatic rings. The van der Waals surface area contributed by atoms with Crippen LogP contribution < -0.4 is 21.0 Å². The maximum Gasteiger partial charge on any atom is 0.332 e. The van der Waals surface area contributed by atoms with Gasteiger partial charge in [0.1, 0.15) is 5.82 Å². The number of hydrogen-bond donors (Lipinski definition) is 0. The van der Waals surface area contributed by atoms with E-state index < -0.39 is 0 Å². The zero-order valence-corrected chi connectivity index (χ0v) is 17.1. The van der Waals surface area contributed by atoms with Gasteiger partial charge in [0.2, 0.25) is 5.91 Å². The summed E-state index contributed by atoms with van der Waals surface area (Å²) in [7, 11) is 3.13.